The van der Waals surface area contributed by atoms with Gasteiger partial charge >= 0.3 is 0 Å². The highest BCUT2D eigenvalue weighted by Gasteiger charge is 2.22. The van der Waals surface area contributed by atoms with Crippen molar-refractivity contribution >= 4 is 31.9 Å². The lowest BCUT2D eigenvalue weighted by atomic mass is 9.99. The molecule has 0 saturated heterocycles. The summed E-state index contributed by atoms with van der Waals surface area (Å²) in [6, 6.07) is 4.18. The summed E-state index contributed by atoms with van der Waals surface area (Å²) in [6.07, 6.45) is 9.83. The third-order valence-electron chi connectivity index (χ3n) is 3.38. The molecule has 0 bridgehead atoms. The molecule has 0 aliphatic heterocycles. The van der Waals surface area contributed by atoms with E-state index in [0.717, 1.165) is 16.8 Å². The van der Waals surface area contributed by atoms with E-state index in [2.05, 4.69) is 49.0 Å². The van der Waals surface area contributed by atoms with Gasteiger partial charge in [0, 0.05) is 21.2 Å². The van der Waals surface area contributed by atoms with Crippen molar-refractivity contribution in [3.63, 3.8) is 0 Å². The molecule has 88 valence electrons. The standard InChI is InChI=1S/C13H17Br2N/c14-11-5-6-12(16-9-11)7-8-13(15)10-3-1-2-4-10/h5-6,9-10,13H,1-4,7-8H2. The molecule has 1 heterocycles. The Labute approximate surface area is 114 Å². The van der Waals surface area contributed by atoms with Gasteiger partial charge in [0.05, 0.1) is 0 Å². The van der Waals surface area contributed by atoms with Crippen molar-refractivity contribution in [2.75, 3.05) is 0 Å². The van der Waals surface area contributed by atoms with Crippen LogP contribution in [0.4, 0.5) is 0 Å². The van der Waals surface area contributed by atoms with Gasteiger partial charge in [-0.15, -0.1) is 0 Å². The third kappa shape index (κ3) is 3.56. The first-order valence-electron chi connectivity index (χ1n) is 6.00. The molecule has 0 aromatic carbocycles. The van der Waals surface area contributed by atoms with Crippen molar-refractivity contribution in [3.05, 3.63) is 28.5 Å². The number of halogens is 2. The van der Waals surface area contributed by atoms with Gasteiger partial charge in [0.15, 0.2) is 0 Å². The van der Waals surface area contributed by atoms with Crippen LogP contribution < -0.4 is 0 Å². The van der Waals surface area contributed by atoms with Gasteiger partial charge < -0.3 is 0 Å². The summed E-state index contributed by atoms with van der Waals surface area (Å²) in [5, 5.41) is 0. The van der Waals surface area contributed by atoms with E-state index in [1.165, 1.54) is 37.8 Å². The third-order valence-corrected chi connectivity index (χ3v) is 5.05. The van der Waals surface area contributed by atoms with E-state index in [4.69, 9.17) is 0 Å². The highest BCUT2D eigenvalue weighted by molar-refractivity contribution is 9.10. The van der Waals surface area contributed by atoms with E-state index in [-0.39, 0.29) is 0 Å². The van der Waals surface area contributed by atoms with E-state index < -0.39 is 0 Å². The van der Waals surface area contributed by atoms with E-state index >= 15 is 0 Å². The number of nitrogens with zero attached hydrogens (tertiary/aromatic N) is 1. The van der Waals surface area contributed by atoms with Crippen LogP contribution in [0.2, 0.25) is 0 Å². The number of hydrogen-bond acceptors (Lipinski definition) is 1. The van der Waals surface area contributed by atoms with Crippen molar-refractivity contribution in [3.8, 4) is 0 Å². The van der Waals surface area contributed by atoms with Gasteiger partial charge in [-0.05, 0) is 59.7 Å². The fourth-order valence-electron chi connectivity index (χ4n) is 2.39. The second-order valence-corrected chi connectivity index (χ2v) is 6.66. The zero-order valence-electron chi connectivity index (χ0n) is 9.33. The lowest BCUT2D eigenvalue weighted by molar-refractivity contribution is 0.504. The molecule has 1 aliphatic carbocycles. The first-order chi connectivity index (χ1) is 7.75. The zero-order chi connectivity index (χ0) is 11.4. The minimum Gasteiger partial charge on any atom is -0.260 e. The zero-order valence-corrected chi connectivity index (χ0v) is 12.5. The summed E-state index contributed by atoms with van der Waals surface area (Å²) in [5.41, 5.74) is 1.20. The van der Waals surface area contributed by atoms with Crippen LogP contribution in [0.15, 0.2) is 22.8 Å². The normalized spacial score (nSPS) is 18.9. The SMILES string of the molecule is Brc1ccc(CCC(Br)C2CCCC2)nc1. The molecule has 0 N–H and O–H groups in total. The number of rotatable bonds is 4. The molecule has 1 aliphatic rings. The van der Waals surface area contributed by atoms with Crippen molar-refractivity contribution in [1.29, 1.82) is 0 Å². The summed E-state index contributed by atoms with van der Waals surface area (Å²) < 4.78 is 1.06. The predicted molar refractivity (Wildman–Crippen MR) is 74.9 cm³/mol. The second-order valence-electron chi connectivity index (χ2n) is 4.57. The smallest absolute Gasteiger partial charge is 0.0413 e. The Morgan fingerprint density at radius 2 is 2.06 bits per heavy atom. The van der Waals surface area contributed by atoms with Gasteiger partial charge in [-0.25, -0.2) is 0 Å². The summed E-state index contributed by atoms with van der Waals surface area (Å²) in [5.74, 6) is 0.899. The molecule has 16 heavy (non-hydrogen) atoms. The van der Waals surface area contributed by atoms with E-state index in [0.29, 0.717) is 4.83 Å². The average molecular weight is 347 g/mol. The summed E-state index contributed by atoms with van der Waals surface area (Å²) in [4.78, 5) is 5.09. The average Bonchev–Trinajstić information content (AvgIpc) is 2.81. The Bertz CT molecular complexity index is 317. The van der Waals surface area contributed by atoms with E-state index in [1.807, 2.05) is 6.20 Å². The molecular formula is C13H17Br2N. The van der Waals surface area contributed by atoms with Crippen LogP contribution in [0.5, 0.6) is 0 Å². The largest absolute Gasteiger partial charge is 0.260 e. The number of aryl methyl sites for hydroxylation is 1. The van der Waals surface area contributed by atoms with Crippen molar-refractivity contribution in [1.82, 2.24) is 4.98 Å². The quantitative estimate of drug-likeness (QED) is 0.718. The molecule has 1 unspecified atom stereocenters. The van der Waals surface area contributed by atoms with E-state index in [9.17, 15) is 0 Å². The Kier molecular flexibility index (Phi) is 4.83. The molecule has 1 nitrogen and oxygen atoms in total. The predicted octanol–water partition coefficient (Wildman–Crippen LogP) is 4.73. The minimum absolute atomic E-state index is 0.681. The van der Waals surface area contributed by atoms with Crippen LogP contribution in [0.1, 0.15) is 37.8 Å². The van der Waals surface area contributed by atoms with Crippen molar-refractivity contribution in [2.45, 2.75) is 43.4 Å². The Balaban J connectivity index is 1.80. The molecule has 1 aromatic rings. The molecule has 0 amide bonds. The van der Waals surface area contributed by atoms with Crippen LogP contribution in [0.25, 0.3) is 0 Å². The van der Waals surface area contributed by atoms with E-state index in [1.54, 1.807) is 0 Å². The first kappa shape index (κ1) is 12.6. The summed E-state index contributed by atoms with van der Waals surface area (Å²) in [6.45, 7) is 0. The Morgan fingerprint density at radius 3 is 2.69 bits per heavy atom. The van der Waals surface area contributed by atoms with Gasteiger partial charge in [0.25, 0.3) is 0 Å². The van der Waals surface area contributed by atoms with Crippen LogP contribution in [0.3, 0.4) is 0 Å². The number of pyridine rings is 1. The fourth-order valence-corrected chi connectivity index (χ4v) is 3.39. The summed E-state index contributed by atoms with van der Waals surface area (Å²) in [7, 11) is 0. The number of hydrogen-bond donors (Lipinski definition) is 0. The van der Waals surface area contributed by atoms with Crippen LogP contribution in [-0.4, -0.2) is 9.81 Å². The lowest BCUT2D eigenvalue weighted by Gasteiger charge is -2.16. The Morgan fingerprint density at radius 1 is 1.31 bits per heavy atom. The minimum atomic E-state index is 0.681. The molecule has 0 radical (unpaired) electrons. The maximum Gasteiger partial charge on any atom is 0.0413 e. The molecule has 1 saturated carbocycles. The molecule has 2 rings (SSSR count). The van der Waals surface area contributed by atoms with Gasteiger partial charge in [0.1, 0.15) is 0 Å². The monoisotopic (exact) mass is 345 g/mol. The molecule has 1 fully saturated rings. The highest BCUT2D eigenvalue weighted by atomic mass is 79.9. The lowest BCUT2D eigenvalue weighted by Crippen LogP contribution is -2.11. The van der Waals surface area contributed by atoms with Crippen LogP contribution >= 0.6 is 31.9 Å². The molecule has 1 atom stereocenters. The first-order valence-corrected chi connectivity index (χ1v) is 7.71. The number of alkyl halides is 1. The van der Waals surface area contributed by atoms with Crippen LogP contribution in [0, 0.1) is 5.92 Å². The number of aromatic nitrogens is 1. The fraction of sp³-hybridized carbons (Fsp3) is 0.615. The molecular weight excluding hydrogens is 330 g/mol. The maximum atomic E-state index is 4.41. The van der Waals surface area contributed by atoms with Crippen LogP contribution in [-0.2, 0) is 6.42 Å². The molecule has 3 heteroatoms. The van der Waals surface area contributed by atoms with Crippen molar-refractivity contribution < 1.29 is 0 Å². The summed E-state index contributed by atoms with van der Waals surface area (Å²) >= 11 is 7.25. The maximum absolute atomic E-state index is 4.41. The van der Waals surface area contributed by atoms with Gasteiger partial charge in [0.2, 0.25) is 0 Å². The Hall–Kier alpha value is 0.110. The van der Waals surface area contributed by atoms with Gasteiger partial charge in [-0.2, -0.15) is 0 Å². The molecule has 0 spiro atoms. The van der Waals surface area contributed by atoms with Crippen molar-refractivity contribution in [2.24, 2.45) is 5.92 Å². The second kappa shape index (κ2) is 6.15. The molecule has 1 aromatic heterocycles. The van der Waals surface area contributed by atoms with Gasteiger partial charge in [-0.1, -0.05) is 28.8 Å². The van der Waals surface area contributed by atoms with Gasteiger partial charge in [-0.3, -0.25) is 4.98 Å². The highest BCUT2D eigenvalue weighted by Crippen LogP contribution is 2.33. The topological polar surface area (TPSA) is 12.9 Å².